The minimum Gasteiger partial charge on any atom is -0.475 e. The maximum atomic E-state index is 12.7. The van der Waals surface area contributed by atoms with Crippen LogP contribution >= 0.6 is 0 Å². The van der Waals surface area contributed by atoms with Crippen LogP contribution in [0.1, 0.15) is 33.4 Å². The number of likely N-dealkylation sites (N-methyl/N-ethyl adjacent to an activating group) is 1. The van der Waals surface area contributed by atoms with Gasteiger partial charge in [-0.1, -0.05) is 24.3 Å². The van der Waals surface area contributed by atoms with Gasteiger partial charge in [-0.25, -0.2) is 9.78 Å². The fourth-order valence-corrected chi connectivity index (χ4v) is 3.70. The largest absolute Gasteiger partial charge is 0.490 e. The molecule has 1 aliphatic heterocycles. The third-order valence-corrected chi connectivity index (χ3v) is 5.63. The summed E-state index contributed by atoms with van der Waals surface area (Å²) >= 11 is 0. The van der Waals surface area contributed by atoms with Crippen molar-refractivity contribution in [3.05, 3.63) is 75.3 Å². The van der Waals surface area contributed by atoms with E-state index in [9.17, 15) is 22.8 Å². The quantitative estimate of drug-likeness (QED) is 0.603. The van der Waals surface area contributed by atoms with Crippen molar-refractivity contribution in [2.75, 3.05) is 13.6 Å². The van der Waals surface area contributed by atoms with Gasteiger partial charge < -0.3 is 10.4 Å². The molecule has 2 heterocycles. The van der Waals surface area contributed by atoms with Crippen molar-refractivity contribution in [1.29, 1.82) is 0 Å². The lowest BCUT2D eigenvalue weighted by Gasteiger charge is -2.21. The standard InChI is InChI=1S/C21H22N4O2.C2HF3O2/c1-13-23-18-9-8-14(10-17(18)21(27)25(13)3)20(26)22-11-19-16-7-5-4-6-15(16)12-24(19)2;3-2(4,5)1(6)7/h4-10,19H,11-12H2,1-3H3,(H,22,26);(H,6,7). The first-order valence-corrected chi connectivity index (χ1v) is 10.2. The lowest BCUT2D eigenvalue weighted by molar-refractivity contribution is -0.192. The van der Waals surface area contributed by atoms with E-state index in [2.05, 4.69) is 34.4 Å². The van der Waals surface area contributed by atoms with Crippen molar-refractivity contribution >= 4 is 22.8 Å². The number of carboxylic acid groups (broad SMARTS) is 1. The molecule has 1 aromatic heterocycles. The number of carboxylic acids is 1. The second-order valence-corrected chi connectivity index (χ2v) is 7.90. The molecule has 180 valence electrons. The third kappa shape index (κ3) is 5.25. The fraction of sp³-hybridized carbons (Fsp3) is 0.304. The first kappa shape index (κ1) is 24.9. The van der Waals surface area contributed by atoms with E-state index < -0.39 is 12.1 Å². The smallest absolute Gasteiger partial charge is 0.475 e. The summed E-state index contributed by atoms with van der Waals surface area (Å²) in [6.07, 6.45) is -5.08. The SMILES string of the molecule is Cc1nc2ccc(C(=O)NCC3c4ccccc4CN3C)cc2c(=O)n1C.O=C(O)C(F)(F)F. The Morgan fingerprint density at radius 2 is 1.82 bits per heavy atom. The van der Waals surface area contributed by atoms with E-state index in [0.717, 1.165) is 6.54 Å². The molecule has 1 amide bonds. The van der Waals surface area contributed by atoms with Gasteiger partial charge in [0.1, 0.15) is 5.82 Å². The van der Waals surface area contributed by atoms with Crippen molar-refractivity contribution in [2.45, 2.75) is 25.7 Å². The Kier molecular flexibility index (Phi) is 7.06. The minimum atomic E-state index is -5.08. The number of aryl methyl sites for hydroxylation is 1. The second-order valence-electron chi connectivity index (χ2n) is 7.90. The number of nitrogens with one attached hydrogen (secondary N) is 1. The molecule has 0 saturated heterocycles. The summed E-state index contributed by atoms with van der Waals surface area (Å²) in [7, 11) is 3.74. The van der Waals surface area contributed by atoms with E-state index in [1.807, 2.05) is 12.1 Å². The van der Waals surface area contributed by atoms with Gasteiger partial charge in [-0.2, -0.15) is 13.2 Å². The number of benzene rings is 2. The van der Waals surface area contributed by atoms with E-state index in [-0.39, 0.29) is 17.5 Å². The molecule has 0 aliphatic carbocycles. The monoisotopic (exact) mass is 476 g/mol. The Labute approximate surface area is 192 Å². The third-order valence-electron chi connectivity index (χ3n) is 5.63. The number of alkyl halides is 3. The number of halogens is 3. The van der Waals surface area contributed by atoms with Gasteiger partial charge in [0.25, 0.3) is 11.5 Å². The molecule has 1 atom stereocenters. The molecule has 2 N–H and O–H groups in total. The van der Waals surface area contributed by atoms with Crippen molar-refractivity contribution in [2.24, 2.45) is 7.05 Å². The number of amides is 1. The molecule has 0 fully saturated rings. The number of carbonyl (C=O) groups excluding carboxylic acids is 1. The van der Waals surface area contributed by atoms with Gasteiger partial charge >= 0.3 is 12.1 Å². The zero-order valence-corrected chi connectivity index (χ0v) is 18.7. The van der Waals surface area contributed by atoms with E-state index in [1.54, 1.807) is 32.2 Å². The van der Waals surface area contributed by atoms with E-state index in [1.165, 1.54) is 15.7 Å². The highest BCUT2D eigenvalue weighted by atomic mass is 19.4. The fourth-order valence-electron chi connectivity index (χ4n) is 3.70. The highest BCUT2D eigenvalue weighted by molar-refractivity contribution is 5.97. The molecule has 3 aromatic rings. The topological polar surface area (TPSA) is 105 Å². The molecule has 34 heavy (non-hydrogen) atoms. The normalized spacial score (nSPS) is 15.4. The van der Waals surface area contributed by atoms with Crippen LogP contribution in [0.4, 0.5) is 13.2 Å². The summed E-state index contributed by atoms with van der Waals surface area (Å²) in [5.41, 5.74) is 3.50. The molecule has 0 bridgehead atoms. The number of carbonyl (C=O) groups is 2. The van der Waals surface area contributed by atoms with E-state index >= 15 is 0 Å². The lowest BCUT2D eigenvalue weighted by atomic mass is 10.0. The molecule has 2 aromatic carbocycles. The summed E-state index contributed by atoms with van der Waals surface area (Å²) in [4.78, 5) is 40.7. The van der Waals surface area contributed by atoms with Crippen molar-refractivity contribution in [3.8, 4) is 0 Å². The van der Waals surface area contributed by atoms with Gasteiger partial charge in [0.2, 0.25) is 0 Å². The van der Waals surface area contributed by atoms with Gasteiger partial charge in [-0.05, 0) is 43.3 Å². The Hall–Kier alpha value is -3.73. The van der Waals surface area contributed by atoms with Crippen LogP contribution in [0.2, 0.25) is 0 Å². The zero-order valence-electron chi connectivity index (χ0n) is 18.7. The van der Waals surface area contributed by atoms with Gasteiger partial charge in [0, 0.05) is 25.7 Å². The van der Waals surface area contributed by atoms with Crippen LogP contribution in [0.15, 0.2) is 47.3 Å². The molecule has 4 rings (SSSR count). The summed E-state index contributed by atoms with van der Waals surface area (Å²) in [6, 6.07) is 13.5. The van der Waals surface area contributed by atoms with Gasteiger partial charge in [-0.3, -0.25) is 19.1 Å². The molecule has 0 radical (unpaired) electrons. The van der Waals surface area contributed by atoms with Crippen LogP contribution in [0.5, 0.6) is 0 Å². The number of rotatable bonds is 3. The van der Waals surface area contributed by atoms with Gasteiger partial charge in [0.05, 0.1) is 16.9 Å². The minimum absolute atomic E-state index is 0.142. The van der Waals surface area contributed by atoms with Crippen molar-refractivity contribution in [3.63, 3.8) is 0 Å². The second kappa shape index (κ2) is 9.64. The van der Waals surface area contributed by atoms with Gasteiger partial charge in [-0.15, -0.1) is 0 Å². The van der Waals surface area contributed by atoms with Crippen LogP contribution in [0, 0.1) is 6.92 Å². The van der Waals surface area contributed by atoms with E-state index in [0.29, 0.717) is 28.8 Å². The maximum absolute atomic E-state index is 12.7. The number of hydrogen-bond donors (Lipinski definition) is 2. The predicted octanol–water partition coefficient (Wildman–Crippen LogP) is 2.79. The summed E-state index contributed by atoms with van der Waals surface area (Å²) in [5.74, 6) is -2.29. The average Bonchev–Trinajstić information content (AvgIpc) is 3.10. The molecule has 0 spiro atoms. The number of aromatic nitrogens is 2. The Balaban J connectivity index is 0.000000406. The van der Waals surface area contributed by atoms with Gasteiger partial charge in [0.15, 0.2) is 0 Å². The summed E-state index contributed by atoms with van der Waals surface area (Å²) in [5, 5.41) is 10.6. The van der Waals surface area contributed by atoms with Crippen LogP contribution in [-0.4, -0.2) is 51.2 Å². The first-order valence-electron chi connectivity index (χ1n) is 10.2. The van der Waals surface area contributed by atoms with Crippen molar-refractivity contribution in [1.82, 2.24) is 19.8 Å². The summed E-state index contributed by atoms with van der Waals surface area (Å²) in [6.45, 7) is 3.19. The Morgan fingerprint density at radius 3 is 2.47 bits per heavy atom. The highest BCUT2D eigenvalue weighted by Crippen LogP contribution is 2.31. The number of fused-ring (bicyclic) bond motifs is 2. The van der Waals surface area contributed by atoms with Crippen LogP contribution in [0.3, 0.4) is 0 Å². The number of aliphatic carboxylic acids is 1. The molecule has 8 nitrogen and oxygen atoms in total. The predicted molar refractivity (Wildman–Crippen MR) is 118 cm³/mol. The molecule has 0 saturated carbocycles. The Morgan fingerprint density at radius 1 is 1.18 bits per heavy atom. The molecule has 1 unspecified atom stereocenters. The maximum Gasteiger partial charge on any atom is 0.490 e. The summed E-state index contributed by atoms with van der Waals surface area (Å²) < 4.78 is 33.2. The number of nitrogens with zero attached hydrogens (tertiary/aromatic N) is 3. The lowest BCUT2D eigenvalue weighted by Crippen LogP contribution is -2.33. The first-order chi connectivity index (χ1) is 15.9. The molecular formula is C23H23F3N4O4. The van der Waals surface area contributed by atoms with E-state index in [4.69, 9.17) is 9.90 Å². The molecule has 1 aliphatic rings. The molecular weight excluding hydrogens is 453 g/mol. The number of hydrogen-bond acceptors (Lipinski definition) is 5. The molecule has 11 heteroatoms. The average molecular weight is 476 g/mol. The highest BCUT2D eigenvalue weighted by Gasteiger charge is 2.38. The zero-order chi connectivity index (χ0) is 25.2. The van der Waals surface area contributed by atoms with Crippen LogP contribution in [0.25, 0.3) is 10.9 Å². The Bertz CT molecular complexity index is 1300. The van der Waals surface area contributed by atoms with Crippen LogP contribution in [-0.2, 0) is 18.4 Å². The van der Waals surface area contributed by atoms with Crippen molar-refractivity contribution < 1.29 is 27.9 Å². The van der Waals surface area contributed by atoms with Crippen LogP contribution < -0.4 is 10.9 Å².